The molecule has 1 saturated heterocycles. The molecule has 0 aliphatic carbocycles. The van der Waals surface area contributed by atoms with Crippen molar-refractivity contribution in [1.29, 1.82) is 0 Å². The Balaban J connectivity index is 1.70. The second kappa shape index (κ2) is 8.92. The number of nitrogens with one attached hydrogen (secondary N) is 2. The molecule has 0 aromatic heterocycles. The van der Waals surface area contributed by atoms with Crippen LogP contribution in [-0.2, 0) is 6.42 Å². The largest absolute Gasteiger partial charge is 0.356 e. The molecule has 2 N–H and O–H groups in total. The number of aliphatic imine (C=N–C) groups is 1. The first-order valence-corrected chi connectivity index (χ1v) is 8.77. The molecule has 0 saturated carbocycles. The fourth-order valence-electron chi connectivity index (χ4n) is 3.27. The van der Waals surface area contributed by atoms with E-state index in [0.717, 1.165) is 31.4 Å². The molecule has 0 radical (unpaired) electrons. The van der Waals surface area contributed by atoms with Crippen LogP contribution in [0.25, 0.3) is 0 Å². The van der Waals surface area contributed by atoms with Gasteiger partial charge in [0.05, 0.1) is 0 Å². The average molecular weight is 316 g/mol. The van der Waals surface area contributed by atoms with E-state index in [-0.39, 0.29) is 0 Å². The van der Waals surface area contributed by atoms with E-state index in [2.05, 4.69) is 59.6 Å². The molecule has 2 rings (SSSR count). The smallest absolute Gasteiger partial charge is 0.190 e. The molecule has 4 heteroatoms. The van der Waals surface area contributed by atoms with Crippen molar-refractivity contribution in [3.8, 4) is 0 Å². The lowest BCUT2D eigenvalue weighted by Gasteiger charge is -2.29. The normalized spacial score (nSPS) is 17.3. The molecule has 0 spiro atoms. The lowest BCUT2D eigenvalue weighted by molar-refractivity contribution is 0.220. The zero-order valence-electron chi connectivity index (χ0n) is 15.2. The van der Waals surface area contributed by atoms with Gasteiger partial charge >= 0.3 is 0 Å². The summed E-state index contributed by atoms with van der Waals surface area (Å²) in [4.78, 5) is 6.75. The summed E-state index contributed by atoms with van der Waals surface area (Å²) in [6.07, 6.45) is 3.59. The van der Waals surface area contributed by atoms with Crippen LogP contribution < -0.4 is 10.6 Å². The molecule has 23 heavy (non-hydrogen) atoms. The molecule has 0 bridgehead atoms. The van der Waals surface area contributed by atoms with Crippen LogP contribution in [0.15, 0.2) is 23.2 Å². The Morgan fingerprint density at radius 2 is 1.78 bits per heavy atom. The van der Waals surface area contributed by atoms with Crippen molar-refractivity contribution in [2.45, 2.75) is 33.1 Å². The van der Waals surface area contributed by atoms with Crippen molar-refractivity contribution in [3.63, 3.8) is 0 Å². The minimum absolute atomic E-state index is 0.768. The Bertz CT molecular complexity index is 496. The van der Waals surface area contributed by atoms with E-state index in [9.17, 15) is 0 Å². The summed E-state index contributed by atoms with van der Waals surface area (Å²) >= 11 is 0. The van der Waals surface area contributed by atoms with Gasteiger partial charge in [0, 0.05) is 20.1 Å². The second-order valence-electron chi connectivity index (χ2n) is 6.87. The van der Waals surface area contributed by atoms with E-state index in [1.807, 2.05) is 7.05 Å². The van der Waals surface area contributed by atoms with E-state index >= 15 is 0 Å². The molecule has 0 unspecified atom stereocenters. The summed E-state index contributed by atoms with van der Waals surface area (Å²) in [7, 11) is 4.05. The van der Waals surface area contributed by atoms with Crippen LogP contribution in [0.3, 0.4) is 0 Å². The van der Waals surface area contributed by atoms with Crippen LogP contribution in [0.5, 0.6) is 0 Å². The van der Waals surface area contributed by atoms with Gasteiger partial charge in [-0.15, -0.1) is 0 Å². The lowest BCUT2D eigenvalue weighted by atomic mass is 9.97. The number of aryl methyl sites for hydroxylation is 2. The minimum Gasteiger partial charge on any atom is -0.356 e. The molecule has 1 fully saturated rings. The SMILES string of the molecule is CN=C(NCCc1cc(C)cc(C)c1)NCC1CCN(C)CC1. The molecule has 1 aromatic carbocycles. The molecule has 128 valence electrons. The van der Waals surface area contributed by atoms with Crippen LogP contribution >= 0.6 is 0 Å². The van der Waals surface area contributed by atoms with Gasteiger partial charge in [0.25, 0.3) is 0 Å². The van der Waals surface area contributed by atoms with Gasteiger partial charge in [-0.05, 0) is 64.7 Å². The maximum Gasteiger partial charge on any atom is 0.190 e. The number of nitrogens with zero attached hydrogens (tertiary/aromatic N) is 2. The van der Waals surface area contributed by atoms with E-state index < -0.39 is 0 Å². The van der Waals surface area contributed by atoms with Crippen LogP contribution in [0, 0.1) is 19.8 Å². The summed E-state index contributed by atoms with van der Waals surface area (Å²) in [5.41, 5.74) is 4.07. The van der Waals surface area contributed by atoms with E-state index in [4.69, 9.17) is 0 Å². The topological polar surface area (TPSA) is 39.7 Å². The van der Waals surface area contributed by atoms with Gasteiger partial charge in [-0.2, -0.15) is 0 Å². The Hall–Kier alpha value is -1.55. The van der Waals surface area contributed by atoms with Crippen molar-refractivity contribution in [2.24, 2.45) is 10.9 Å². The van der Waals surface area contributed by atoms with Crippen molar-refractivity contribution in [1.82, 2.24) is 15.5 Å². The van der Waals surface area contributed by atoms with Gasteiger partial charge in [0.15, 0.2) is 5.96 Å². The number of hydrogen-bond acceptors (Lipinski definition) is 2. The highest BCUT2D eigenvalue weighted by atomic mass is 15.2. The van der Waals surface area contributed by atoms with Gasteiger partial charge in [-0.25, -0.2) is 0 Å². The maximum atomic E-state index is 4.34. The molecular weight excluding hydrogens is 284 g/mol. The first kappa shape index (κ1) is 17.8. The average Bonchev–Trinajstić information content (AvgIpc) is 2.51. The number of rotatable bonds is 5. The van der Waals surface area contributed by atoms with E-state index in [1.54, 1.807) is 0 Å². The standard InChI is InChI=1S/C19H32N4/c1-15-11-16(2)13-18(12-15)5-8-21-19(20-3)22-14-17-6-9-23(4)10-7-17/h11-13,17H,5-10,14H2,1-4H3,(H2,20,21,22). The van der Waals surface area contributed by atoms with Gasteiger partial charge in [0.2, 0.25) is 0 Å². The van der Waals surface area contributed by atoms with Crippen molar-refractivity contribution >= 4 is 5.96 Å². The zero-order valence-corrected chi connectivity index (χ0v) is 15.2. The Kier molecular flexibility index (Phi) is 6.90. The predicted molar refractivity (Wildman–Crippen MR) is 99.2 cm³/mol. The number of guanidine groups is 1. The van der Waals surface area contributed by atoms with Crippen LogP contribution in [0.4, 0.5) is 0 Å². The van der Waals surface area contributed by atoms with Gasteiger partial charge < -0.3 is 15.5 Å². The summed E-state index contributed by atoms with van der Waals surface area (Å²) in [5.74, 6) is 1.69. The van der Waals surface area contributed by atoms with Crippen molar-refractivity contribution in [2.75, 3.05) is 40.3 Å². The molecule has 0 amide bonds. The van der Waals surface area contributed by atoms with Crippen LogP contribution in [0.1, 0.15) is 29.5 Å². The predicted octanol–water partition coefficient (Wildman–Crippen LogP) is 2.35. The van der Waals surface area contributed by atoms with Gasteiger partial charge in [-0.1, -0.05) is 29.3 Å². The number of benzene rings is 1. The molecule has 1 heterocycles. The van der Waals surface area contributed by atoms with Crippen molar-refractivity contribution in [3.05, 3.63) is 34.9 Å². The fraction of sp³-hybridized carbons (Fsp3) is 0.632. The summed E-state index contributed by atoms with van der Waals surface area (Å²) in [5, 5.41) is 6.92. The van der Waals surface area contributed by atoms with Crippen molar-refractivity contribution < 1.29 is 0 Å². The Labute approximate surface area is 141 Å². The third-order valence-corrected chi connectivity index (χ3v) is 4.61. The highest BCUT2D eigenvalue weighted by Gasteiger charge is 2.16. The third-order valence-electron chi connectivity index (χ3n) is 4.61. The summed E-state index contributed by atoms with van der Waals surface area (Å²) < 4.78 is 0. The third kappa shape index (κ3) is 6.22. The monoisotopic (exact) mass is 316 g/mol. The molecule has 0 atom stereocenters. The highest BCUT2D eigenvalue weighted by molar-refractivity contribution is 5.79. The molecule has 1 aliphatic rings. The number of likely N-dealkylation sites (tertiary alicyclic amines) is 1. The van der Waals surface area contributed by atoms with Crippen LogP contribution in [-0.4, -0.2) is 51.1 Å². The van der Waals surface area contributed by atoms with Gasteiger partial charge in [0.1, 0.15) is 0 Å². The number of hydrogen-bond donors (Lipinski definition) is 2. The zero-order chi connectivity index (χ0) is 16.7. The Morgan fingerprint density at radius 3 is 2.39 bits per heavy atom. The van der Waals surface area contributed by atoms with E-state index in [1.165, 1.54) is 42.6 Å². The fourth-order valence-corrected chi connectivity index (χ4v) is 3.27. The quantitative estimate of drug-likeness (QED) is 0.647. The molecular formula is C19H32N4. The molecule has 1 aliphatic heterocycles. The lowest BCUT2D eigenvalue weighted by Crippen LogP contribution is -2.42. The molecule has 1 aromatic rings. The van der Waals surface area contributed by atoms with E-state index in [0.29, 0.717) is 0 Å². The maximum absolute atomic E-state index is 4.34. The highest BCUT2D eigenvalue weighted by Crippen LogP contribution is 2.14. The summed E-state index contributed by atoms with van der Waals surface area (Å²) in [6.45, 7) is 8.68. The Morgan fingerprint density at radius 1 is 1.13 bits per heavy atom. The van der Waals surface area contributed by atoms with Gasteiger partial charge in [-0.3, -0.25) is 4.99 Å². The first-order chi connectivity index (χ1) is 11.1. The van der Waals surface area contributed by atoms with Crippen LogP contribution in [0.2, 0.25) is 0 Å². The summed E-state index contributed by atoms with van der Waals surface area (Å²) in [6, 6.07) is 6.76. The first-order valence-electron chi connectivity index (χ1n) is 8.77. The minimum atomic E-state index is 0.768. The number of piperidine rings is 1. The second-order valence-corrected chi connectivity index (χ2v) is 6.87. The molecule has 4 nitrogen and oxygen atoms in total.